The molecule has 1 aromatic heterocycles. The Kier molecular flexibility index (Phi) is 9.61. The van der Waals surface area contributed by atoms with Gasteiger partial charge in [0.25, 0.3) is 0 Å². The number of thiophene rings is 1. The SMILES string of the molecule is CC(C)(C)c1ccc(-c2ccc(N(c3ccc(-c4ccc(C(C)(C)C)cc4)cc3)c3ccc(-c4ccc(C=C(C#N)C#N)s4)cc3)cc2)cc1. The van der Waals surface area contributed by atoms with Crippen LogP contribution in [0.25, 0.3) is 38.8 Å². The summed E-state index contributed by atoms with van der Waals surface area (Å²) in [7, 11) is 0. The summed E-state index contributed by atoms with van der Waals surface area (Å²) >= 11 is 1.56. The zero-order valence-corrected chi connectivity index (χ0v) is 30.3. The summed E-state index contributed by atoms with van der Waals surface area (Å²) in [4.78, 5) is 4.25. The largest absolute Gasteiger partial charge is 0.311 e. The predicted octanol–water partition coefficient (Wildman–Crippen LogP) is 13.2. The van der Waals surface area contributed by atoms with Crippen LogP contribution in [-0.2, 0) is 10.8 Å². The van der Waals surface area contributed by atoms with E-state index < -0.39 is 0 Å². The first-order chi connectivity index (χ1) is 23.9. The van der Waals surface area contributed by atoms with E-state index in [0.717, 1.165) is 32.4 Å². The molecule has 0 aliphatic heterocycles. The second-order valence-electron chi connectivity index (χ2n) is 14.6. The van der Waals surface area contributed by atoms with Gasteiger partial charge in [0.1, 0.15) is 17.7 Å². The predicted molar refractivity (Wildman–Crippen MR) is 212 cm³/mol. The standard InChI is InChI=1S/C46H41N3S/c1-45(2,3)38-17-7-33(8-18-38)35-11-21-40(22-12-35)49(41-23-13-36(14-24-41)34-9-19-39(20-10-34)46(4,5)6)42-25-15-37(16-26-42)44-28-27-43(50-44)29-32(30-47)31-48/h7-29H,1-6H3. The minimum absolute atomic E-state index is 0.102. The summed E-state index contributed by atoms with van der Waals surface area (Å²) in [5.74, 6) is 0. The Labute approximate surface area is 301 Å². The molecule has 0 saturated heterocycles. The molecule has 0 aliphatic rings. The Morgan fingerprint density at radius 3 is 1.16 bits per heavy atom. The van der Waals surface area contributed by atoms with Gasteiger partial charge >= 0.3 is 0 Å². The van der Waals surface area contributed by atoms with Crippen molar-refractivity contribution in [3.8, 4) is 44.8 Å². The number of benzene rings is 5. The van der Waals surface area contributed by atoms with E-state index in [-0.39, 0.29) is 16.4 Å². The molecular weight excluding hydrogens is 627 g/mol. The molecule has 0 radical (unpaired) electrons. The van der Waals surface area contributed by atoms with Gasteiger partial charge in [0.15, 0.2) is 0 Å². The number of hydrogen-bond donors (Lipinski definition) is 0. The lowest BCUT2D eigenvalue weighted by molar-refractivity contribution is 0.590. The molecule has 0 spiro atoms. The number of hydrogen-bond acceptors (Lipinski definition) is 4. The van der Waals surface area contributed by atoms with Gasteiger partial charge in [-0.3, -0.25) is 0 Å². The van der Waals surface area contributed by atoms with Crippen LogP contribution in [0.15, 0.2) is 139 Å². The molecule has 246 valence electrons. The van der Waals surface area contributed by atoms with E-state index in [2.05, 4.69) is 168 Å². The minimum atomic E-state index is 0.102. The van der Waals surface area contributed by atoms with E-state index in [0.29, 0.717) is 0 Å². The molecule has 0 fully saturated rings. The highest BCUT2D eigenvalue weighted by atomic mass is 32.1. The number of allylic oxidation sites excluding steroid dienone is 1. The maximum Gasteiger partial charge on any atom is 0.131 e. The first kappa shape index (κ1) is 34.2. The molecule has 50 heavy (non-hydrogen) atoms. The Morgan fingerprint density at radius 2 is 0.820 bits per heavy atom. The third-order valence-electron chi connectivity index (χ3n) is 8.98. The minimum Gasteiger partial charge on any atom is -0.311 e. The summed E-state index contributed by atoms with van der Waals surface area (Å²) in [5, 5.41) is 18.3. The third kappa shape index (κ3) is 7.63. The van der Waals surface area contributed by atoms with Crippen LogP contribution in [0.1, 0.15) is 57.5 Å². The normalized spacial score (nSPS) is 11.4. The van der Waals surface area contributed by atoms with Crippen LogP contribution in [0.3, 0.4) is 0 Å². The van der Waals surface area contributed by atoms with Gasteiger partial charge in [-0.1, -0.05) is 126 Å². The summed E-state index contributed by atoms with van der Waals surface area (Å²) in [6.07, 6.45) is 1.63. The van der Waals surface area contributed by atoms with Crippen molar-refractivity contribution in [2.24, 2.45) is 0 Å². The highest BCUT2D eigenvalue weighted by Crippen LogP contribution is 2.39. The van der Waals surface area contributed by atoms with Gasteiger partial charge in [-0.2, -0.15) is 10.5 Å². The van der Waals surface area contributed by atoms with E-state index in [9.17, 15) is 0 Å². The lowest BCUT2D eigenvalue weighted by atomic mass is 9.86. The molecule has 0 saturated carbocycles. The maximum absolute atomic E-state index is 9.16. The highest BCUT2D eigenvalue weighted by molar-refractivity contribution is 7.16. The molecule has 5 aromatic carbocycles. The quantitative estimate of drug-likeness (QED) is 0.159. The highest BCUT2D eigenvalue weighted by Gasteiger charge is 2.17. The first-order valence-corrected chi connectivity index (χ1v) is 17.7. The Morgan fingerprint density at radius 1 is 0.480 bits per heavy atom. The van der Waals surface area contributed by atoms with Crippen LogP contribution >= 0.6 is 11.3 Å². The molecule has 6 aromatic rings. The molecule has 1 heterocycles. The molecule has 0 N–H and O–H groups in total. The van der Waals surface area contributed by atoms with E-state index in [4.69, 9.17) is 10.5 Å². The molecule has 0 amide bonds. The molecule has 0 aliphatic carbocycles. The fourth-order valence-corrected chi connectivity index (χ4v) is 6.93. The van der Waals surface area contributed by atoms with E-state index in [1.165, 1.54) is 33.4 Å². The van der Waals surface area contributed by atoms with Crippen molar-refractivity contribution in [3.63, 3.8) is 0 Å². The second-order valence-corrected chi connectivity index (χ2v) is 15.7. The maximum atomic E-state index is 9.16. The van der Waals surface area contributed by atoms with E-state index >= 15 is 0 Å². The lowest BCUT2D eigenvalue weighted by Gasteiger charge is -2.26. The fourth-order valence-electron chi connectivity index (χ4n) is 5.97. The number of nitrogens with zero attached hydrogens (tertiary/aromatic N) is 3. The van der Waals surface area contributed by atoms with Gasteiger partial charge < -0.3 is 4.90 Å². The molecule has 0 atom stereocenters. The van der Waals surface area contributed by atoms with Crippen molar-refractivity contribution in [1.82, 2.24) is 0 Å². The van der Waals surface area contributed by atoms with E-state index in [1.54, 1.807) is 17.4 Å². The Hall–Kier alpha value is -5.68. The van der Waals surface area contributed by atoms with Gasteiger partial charge in [-0.15, -0.1) is 11.3 Å². The number of nitriles is 2. The number of rotatable bonds is 7. The van der Waals surface area contributed by atoms with Crippen LogP contribution in [0.2, 0.25) is 0 Å². The van der Waals surface area contributed by atoms with Crippen LogP contribution in [0, 0.1) is 22.7 Å². The van der Waals surface area contributed by atoms with Crippen LogP contribution in [-0.4, -0.2) is 0 Å². The number of anilines is 3. The summed E-state index contributed by atoms with van der Waals surface area (Å²) in [5.41, 5.74) is 12.0. The Bertz CT molecular complexity index is 2070. The Balaban J connectivity index is 1.33. The van der Waals surface area contributed by atoms with Crippen LogP contribution in [0.4, 0.5) is 17.1 Å². The van der Waals surface area contributed by atoms with Gasteiger partial charge in [0.2, 0.25) is 0 Å². The third-order valence-corrected chi connectivity index (χ3v) is 10.1. The van der Waals surface area contributed by atoms with Crippen molar-refractivity contribution >= 4 is 34.5 Å². The average Bonchev–Trinajstić information content (AvgIpc) is 3.59. The zero-order valence-electron chi connectivity index (χ0n) is 29.5. The van der Waals surface area contributed by atoms with Crippen molar-refractivity contribution < 1.29 is 0 Å². The van der Waals surface area contributed by atoms with Crippen molar-refractivity contribution in [3.05, 3.63) is 155 Å². The van der Waals surface area contributed by atoms with Crippen molar-refractivity contribution in [1.29, 1.82) is 10.5 Å². The summed E-state index contributed by atoms with van der Waals surface area (Å²) in [6.45, 7) is 13.4. The van der Waals surface area contributed by atoms with Crippen molar-refractivity contribution in [2.45, 2.75) is 52.4 Å². The molecule has 3 nitrogen and oxygen atoms in total. The molecule has 0 bridgehead atoms. The molecular formula is C46H41N3S. The van der Waals surface area contributed by atoms with Crippen molar-refractivity contribution in [2.75, 3.05) is 4.90 Å². The summed E-state index contributed by atoms with van der Waals surface area (Å²) in [6, 6.07) is 51.8. The average molecular weight is 668 g/mol. The molecule has 0 unspecified atom stereocenters. The summed E-state index contributed by atoms with van der Waals surface area (Å²) < 4.78 is 0. The lowest BCUT2D eigenvalue weighted by Crippen LogP contribution is -2.10. The van der Waals surface area contributed by atoms with Crippen LogP contribution < -0.4 is 4.90 Å². The topological polar surface area (TPSA) is 50.8 Å². The van der Waals surface area contributed by atoms with Gasteiger partial charge in [0.05, 0.1) is 0 Å². The van der Waals surface area contributed by atoms with Gasteiger partial charge in [0, 0.05) is 26.8 Å². The zero-order chi connectivity index (χ0) is 35.5. The van der Waals surface area contributed by atoms with E-state index in [1.807, 2.05) is 24.3 Å². The second kappa shape index (κ2) is 14.0. The molecule has 6 rings (SSSR count). The first-order valence-electron chi connectivity index (χ1n) is 16.9. The fraction of sp³-hybridized carbons (Fsp3) is 0.174. The van der Waals surface area contributed by atoms with Gasteiger partial charge in [-0.25, -0.2) is 0 Å². The smallest absolute Gasteiger partial charge is 0.131 e. The van der Waals surface area contributed by atoms with Crippen LogP contribution in [0.5, 0.6) is 0 Å². The monoisotopic (exact) mass is 667 g/mol. The molecule has 4 heteroatoms. The van der Waals surface area contributed by atoms with Gasteiger partial charge in [-0.05, 0) is 104 Å².